The molecule has 0 saturated carbocycles. The molecule has 0 fully saturated rings. The molecule has 0 radical (unpaired) electrons. The van der Waals surface area contributed by atoms with Gasteiger partial charge in [0.25, 0.3) is 15.9 Å². The number of sulfonamides is 1. The van der Waals surface area contributed by atoms with Gasteiger partial charge in [0.15, 0.2) is 5.28 Å². The monoisotopic (exact) mass is 518 g/mol. The molecule has 0 saturated heterocycles. The predicted molar refractivity (Wildman–Crippen MR) is 138 cm³/mol. The van der Waals surface area contributed by atoms with Gasteiger partial charge < -0.3 is 15.1 Å². The highest BCUT2D eigenvalue weighted by molar-refractivity contribution is 7.93. The minimum Gasteiger partial charge on any atom is -0.355 e. The van der Waals surface area contributed by atoms with Gasteiger partial charge in [-0.05, 0) is 78.9 Å². The van der Waals surface area contributed by atoms with Gasteiger partial charge in [0.05, 0.1) is 10.6 Å². The number of hydrogen-bond donors (Lipinski definition) is 3. The number of anilines is 1. The second-order valence-corrected chi connectivity index (χ2v) is 12.3. The topological polar surface area (TPSA) is 124 Å². The number of hydrogen-bond acceptors (Lipinski definition) is 4. The van der Waals surface area contributed by atoms with E-state index in [2.05, 4.69) is 5.32 Å². The van der Waals surface area contributed by atoms with Crippen LogP contribution in [0.2, 0.25) is 0 Å². The largest absolute Gasteiger partial charge is 0.355 e. The molecule has 0 aliphatic carbocycles. The van der Waals surface area contributed by atoms with Crippen molar-refractivity contribution in [2.24, 2.45) is 0 Å². The molecule has 10 heteroatoms. The minimum atomic E-state index is -4.98. The summed E-state index contributed by atoms with van der Waals surface area (Å²) in [6.45, 7) is 6.67. The number of amides is 1. The Morgan fingerprint density at radius 3 is 2.11 bits per heavy atom. The first-order valence-electron chi connectivity index (χ1n) is 11.3. The number of nitrogens with zero attached hydrogens (tertiary/aromatic N) is 1. The Bertz CT molecular complexity index is 1410. The summed E-state index contributed by atoms with van der Waals surface area (Å²) in [7, 11) is -7.86. The predicted octanol–water partition coefficient (Wildman–Crippen LogP) is 4.71. The van der Waals surface area contributed by atoms with Crippen molar-refractivity contribution in [2.75, 3.05) is 11.4 Å². The zero-order chi connectivity index (χ0) is 26.2. The molecular formula is C25H31N2O6PS. The lowest BCUT2D eigenvalue weighted by atomic mass is 10.0. The van der Waals surface area contributed by atoms with Crippen molar-refractivity contribution in [1.82, 2.24) is 5.32 Å². The Labute approximate surface area is 206 Å². The average molecular weight is 519 g/mol. The second-order valence-electron chi connectivity index (χ2n) is 8.62. The lowest BCUT2D eigenvalue weighted by Gasteiger charge is -2.43. The maximum atomic E-state index is 14.1. The quantitative estimate of drug-likeness (QED) is 0.371. The maximum Gasteiger partial charge on any atom is 0.351 e. The van der Waals surface area contributed by atoms with Crippen LogP contribution < -0.4 is 9.62 Å². The Balaban J connectivity index is 2.40. The molecule has 3 N–H and O–H groups in total. The summed E-state index contributed by atoms with van der Waals surface area (Å²) in [5, 5.41) is 1.73. The Morgan fingerprint density at radius 1 is 1.00 bits per heavy atom. The fourth-order valence-electron chi connectivity index (χ4n) is 4.59. The third-order valence-corrected chi connectivity index (χ3v) is 10.3. The van der Waals surface area contributed by atoms with E-state index in [1.165, 1.54) is 25.2 Å². The number of carbonyl (C=O) groups is 1. The molecule has 0 atom stereocenters. The summed E-state index contributed by atoms with van der Waals surface area (Å²) in [6, 6.07) is 14.5. The average Bonchev–Trinajstić information content (AvgIpc) is 2.79. The molecule has 3 rings (SSSR count). The first-order chi connectivity index (χ1) is 16.3. The van der Waals surface area contributed by atoms with Gasteiger partial charge in [-0.3, -0.25) is 9.36 Å². The van der Waals surface area contributed by atoms with Gasteiger partial charge in [0.2, 0.25) is 0 Å². The van der Waals surface area contributed by atoms with Crippen LogP contribution in [0.5, 0.6) is 0 Å². The van der Waals surface area contributed by atoms with E-state index in [4.69, 9.17) is 0 Å². The van der Waals surface area contributed by atoms with E-state index >= 15 is 0 Å². The number of rotatable bonds is 8. The molecule has 188 valence electrons. The molecule has 0 aromatic heterocycles. The first-order valence-corrected chi connectivity index (χ1v) is 14.3. The lowest BCUT2D eigenvalue weighted by molar-refractivity contribution is 0.0964. The zero-order valence-electron chi connectivity index (χ0n) is 20.4. The highest BCUT2D eigenvalue weighted by Gasteiger charge is 2.54. The number of nitrogens with one attached hydrogen (secondary N) is 1. The summed E-state index contributed by atoms with van der Waals surface area (Å²) in [6.07, 6.45) is -0.234. The number of fused-ring (bicyclic) bond motifs is 1. The van der Waals surface area contributed by atoms with Crippen LogP contribution in [0.1, 0.15) is 48.2 Å². The minimum absolute atomic E-state index is 0.0473. The molecule has 1 amide bonds. The summed E-state index contributed by atoms with van der Waals surface area (Å²) >= 11 is 0. The van der Waals surface area contributed by atoms with Crippen LogP contribution in [0.25, 0.3) is 10.8 Å². The molecule has 3 aromatic rings. The van der Waals surface area contributed by atoms with Crippen LogP contribution in [-0.4, -0.2) is 36.4 Å². The Kier molecular flexibility index (Phi) is 7.48. The molecule has 0 aliphatic heterocycles. The number of benzene rings is 3. The van der Waals surface area contributed by atoms with E-state index in [-0.39, 0.29) is 29.3 Å². The van der Waals surface area contributed by atoms with Crippen LogP contribution in [0.15, 0.2) is 59.5 Å². The molecule has 0 unspecified atom stereocenters. The van der Waals surface area contributed by atoms with E-state index in [0.717, 1.165) is 4.31 Å². The van der Waals surface area contributed by atoms with E-state index < -0.39 is 22.9 Å². The smallest absolute Gasteiger partial charge is 0.351 e. The number of carbonyl (C=O) groups excluding carboxylic acids is 1. The van der Waals surface area contributed by atoms with Crippen LogP contribution in [-0.2, 0) is 14.6 Å². The Morgan fingerprint density at radius 2 is 1.60 bits per heavy atom. The molecule has 8 nitrogen and oxygen atoms in total. The second kappa shape index (κ2) is 9.74. The van der Waals surface area contributed by atoms with Gasteiger partial charge in [0, 0.05) is 12.6 Å². The van der Waals surface area contributed by atoms with Gasteiger partial charge >= 0.3 is 7.60 Å². The molecule has 35 heavy (non-hydrogen) atoms. The van der Waals surface area contributed by atoms with Gasteiger partial charge in [-0.2, -0.15) is 0 Å². The number of aryl methyl sites for hydroxylation is 2. The van der Waals surface area contributed by atoms with E-state index in [9.17, 15) is 27.6 Å². The molecule has 0 aliphatic rings. The van der Waals surface area contributed by atoms with Crippen molar-refractivity contribution >= 4 is 40.0 Å². The third kappa shape index (κ3) is 4.74. The van der Waals surface area contributed by atoms with Crippen molar-refractivity contribution in [2.45, 2.75) is 50.7 Å². The Hall–Kier alpha value is -2.71. The summed E-state index contributed by atoms with van der Waals surface area (Å²) in [5.41, 5.74) is 1.95. The summed E-state index contributed by atoms with van der Waals surface area (Å²) in [5.74, 6) is -0.297. The zero-order valence-corrected chi connectivity index (χ0v) is 22.2. The van der Waals surface area contributed by atoms with Crippen molar-refractivity contribution in [1.29, 1.82) is 0 Å². The lowest BCUT2D eigenvalue weighted by Crippen LogP contribution is -2.51. The maximum absolute atomic E-state index is 14.1. The van der Waals surface area contributed by atoms with Gasteiger partial charge in [-0.15, -0.1) is 0 Å². The van der Waals surface area contributed by atoms with E-state index in [0.29, 0.717) is 27.5 Å². The van der Waals surface area contributed by atoms with Gasteiger partial charge in [-0.25, -0.2) is 12.7 Å². The molecule has 0 heterocycles. The van der Waals surface area contributed by atoms with Crippen molar-refractivity contribution in [3.05, 3.63) is 71.3 Å². The van der Waals surface area contributed by atoms with Crippen LogP contribution in [0, 0.1) is 13.8 Å². The third-order valence-electron chi connectivity index (χ3n) is 6.36. The van der Waals surface area contributed by atoms with Gasteiger partial charge in [0.1, 0.15) is 0 Å². The van der Waals surface area contributed by atoms with Crippen molar-refractivity contribution < 1.29 is 27.6 Å². The SMILES string of the molecule is CCC(CC)(N(c1ccc2c(C(=O)NC)cccc2c1)S(=O)(=O)c1cc(C)cc(C)c1)P(=O)(O)O. The van der Waals surface area contributed by atoms with Crippen LogP contribution in [0.4, 0.5) is 5.69 Å². The highest BCUT2D eigenvalue weighted by atomic mass is 32.2. The van der Waals surface area contributed by atoms with Crippen molar-refractivity contribution in [3.63, 3.8) is 0 Å². The fourth-order valence-corrected chi connectivity index (χ4v) is 8.38. The molecule has 3 aromatic carbocycles. The molecular weight excluding hydrogens is 487 g/mol. The first kappa shape index (κ1) is 26.9. The molecule has 0 bridgehead atoms. The highest BCUT2D eigenvalue weighted by Crippen LogP contribution is 2.59. The standard InChI is InChI=1S/C25H31N2O6PS/c1-6-25(7-2,34(29,30)31)27(35(32,33)21-14-17(3)13-18(4)15-21)20-11-12-22-19(16-20)9-8-10-23(22)24(28)26-5/h8-16H,6-7H2,1-5H3,(H,26,28)(H2,29,30,31). The fraction of sp³-hybridized carbons (Fsp3) is 0.320. The summed E-state index contributed by atoms with van der Waals surface area (Å²) < 4.78 is 42.1. The normalized spacial score (nSPS) is 12.5. The summed E-state index contributed by atoms with van der Waals surface area (Å²) in [4.78, 5) is 33.3. The van der Waals surface area contributed by atoms with E-state index in [1.54, 1.807) is 58.0 Å². The van der Waals surface area contributed by atoms with Crippen LogP contribution >= 0.6 is 7.60 Å². The van der Waals surface area contributed by atoms with Gasteiger partial charge in [-0.1, -0.05) is 38.1 Å². The van der Waals surface area contributed by atoms with Crippen molar-refractivity contribution in [3.8, 4) is 0 Å². The van der Waals surface area contributed by atoms with E-state index in [1.807, 2.05) is 6.07 Å². The molecule has 0 spiro atoms. The van der Waals surface area contributed by atoms with Crippen LogP contribution in [0.3, 0.4) is 0 Å².